The SMILES string of the molecule is COc1cc(NC(=O)c2nc3cc(C(F)(F)F)ccc3s2)cc(OC)c1OC. The second-order valence-electron chi connectivity index (χ2n) is 5.57. The van der Waals surface area contributed by atoms with Gasteiger partial charge in [0, 0.05) is 17.8 Å². The van der Waals surface area contributed by atoms with E-state index in [9.17, 15) is 18.0 Å². The number of nitrogens with zero attached hydrogens (tertiary/aromatic N) is 1. The first-order valence-corrected chi connectivity index (χ1v) is 8.67. The largest absolute Gasteiger partial charge is 0.493 e. The third kappa shape index (κ3) is 3.81. The third-order valence-electron chi connectivity index (χ3n) is 3.83. The number of carbonyl (C=O) groups excluding carboxylic acids is 1. The maximum Gasteiger partial charge on any atom is 0.416 e. The van der Waals surface area contributed by atoms with Gasteiger partial charge >= 0.3 is 6.18 Å². The van der Waals surface area contributed by atoms with E-state index in [1.165, 1.54) is 39.5 Å². The van der Waals surface area contributed by atoms with Gasteiger partial charge in [0.15, 0.2) is 16.5 Å². The second kappa shape index (κ2) is 7.55. The van der Waals surface area contributed by atoms with Gasteiger partial charge in [-0.1, -0.05) is 0 Å². The molecule has 0 aliphatic heterocycles. The zero-order valence-corrected chi connectivity index (χ0v) is 15.8. The highest BCUT2D eigenvalue weighted by atomic mass is 32.1. The van der Waals surface area contributed by atoms with Crippen LogP contribution < -0.4 is 19.5 Å². The molecule has 0 spiro atoms. The molecule has 1 N–H and O–H groups in total. The van der Waals surface area contributed by atoms with Crippen molar-refractivity contribution in [1.29, 1.82) is 0 Å². The van der Waals surface area contributed by atoms with E-state index in [0.29, 0.717) is 27.6 Å². The summed E-state index contributed by atoms with van der Waals surface area (Å²) in [7, 11) is 4.33. The number of halogens is 3. The Morgan fingerprint density at radius 3 is 2.21 bits per heavy atom. The Balaban J connectivity index is 1.91. The lowest BCUT2D eigenvalue weighted by Crippen LogP contribution is -2.12. The molecule has 0 aliphatic carbocycles. The van der Waals surface area contributed by atoms with Crippen molar-refractivity contribution < 1.29 is 32.2 Å². The number of hydrogen-bond acceptors (Lipinski definition) is 6. The number of alkyl halides is 3. The van der Waals surface area contributed by atoms with Crippen LogP contribution >= 0.6 is 11.3 Å². The molecule has 28 heavy (non-hydrogen) atoms. The highest BCUT2D eigenvalue weighted by Gasteiger charge is 2.31. The third-order valence-corrected chi connectivity index (χ3v) is 4.87. The number of nitrogens with one attached hydrogen (secondary N) is 1. The van der Waals surface area contributed by atoms with Gasteiger partial charge in [-0.3, -0.25) is 4.79 Å². The van der Waals surface area contributed by atoms with E-state index in [4.69, 9.17) is 14.2 Å². The van der Waals surface area contributed by atoms with E-state index in [0.717, 1.165) is 23.5 Å². The monoisotopic (exact) mass is 412 g/mol. The van der Waals surface area contributed by atoms with Crippen molar-refractivity contribution in [3.05, 3.63) is 40.9 Å². The highest BCUT2D eigenvalue weighted by molar-refractivity contribution is 7.20. The van der Waals surface area contributed by atoms with Crippen LogP contribution in [0.25, 0.3) is 10.2 Å². The van der Waals surface area contributed by atoms with Crippen LogP contribution in [0.2, 0.25) is 0 Å². The molecule has 0 saturated carbocycles. The fourth-order valence-corrected chi connectivity index (χ4v) is 3.38. The van der Waals surface area contributed by atoms with Crippen molar-refractivity contribution in [2.75, 3.05) is 26.6 Å². The van der Waals surface area contributed by atoms with Crippen molar-refractivity contribution in [1.82, 2.24) is 4.98 Å². The van der Waals surface area contributed by atoms with E-state index in [1.54, 1.807) is 0 Å². The van der Waals surface area contributed by atoms with Crippen LogP contribution in [0.5, 0.6) is 17.2 Å². The van der Waals surface area contributed by atoms with Gasteiger partial charge in [0.05, 0.1) is 37.1 Å². The number of ether oxygens (including phenoxy) is 3. The average molecular weight is 412 g/mol. The standard InChI is InChI=1S/C18H15F3N2O4S/c1-25-12-7-10(8-13(26-2)15(12)27-3)22-16(24)17-23-11-6-9(18(19,20)21)4-5-14(11)28-17/h4-8H,1-3H3,(H,22,24). The number of aromatic nitrogens is 1. The number of rotatable bonds is 5. The summed E-state index contributed by atoms with van der Waals surface area (Å²) in [5.41, 5.74) is -0.355. The maximum absolute atomic E-state index is 12.8. The van der Waals surface area contributed by atoms with Crippen molar-refractivity contribution in [2.24, 2.45) is 0 Å². The fourth-order valence-electron chi connectivity index (χ4n) is 2.54. The van der Waals surface area contributed by atoms with Crippen LogP contribution in [0, 0.1) is 0 Å². The van der Waals surface area contributed by atoms with Crippen molar-refractivity contribution >= 4 is 33.1 Å². The van der Waals surface area contributed by atoms with Gasteiger partial charge in [-0.05, 0) is 18.2 Å². The quantitative estimate of drug-likeness (QED) is 0.664. The van der Waals surface area contributed by atoms with E-state index < -0.39 is 17.6 Å². The lowest BCUT2D eigenvalue weighted by atomic mass is 10.2. The highest BCUT2D eigenvalue weighted by Crippen LogP contribution is 2.40. The maximum atomic E-state index is 12.8. The zero-order valence-electron chi connectivity index (χ0n) is 15.0. The minimum absolute atomic E-state index is 0.0306. The Bertz CT molecular complexity index is 1010. The normalized spacial score (nSPS) is 11.4. The molecule has 2 aromatic carbocycles. The van der Waals surface area contributed by atoms with Gasteiger partial charge in [-0.2, -0.15) is 13.2 Å². The molecule has 0 bridgehead atoms. The predicted molar refractivity (Wildman–Crippen MR) is 98.7 cm³/mol. The molecule has 10 heteroatoms. The van der Waals surface area contributed by atoms with Gasteiger partial charge in [-0.25, -0.2) is 4.98 Å². The van der Waals surface area contributed by atoms with Crippen LogP contribution in [-0.4, -0.2) is 32.2 Å². The summed E-state index contributed by atoms with van der Waals surface area (Å²) in [5, 5.41) is 2.67. The van der Waals surface area contributed by atoms with E-state index in [2.05, 4.69) is 10.3 Å². The molecule has 148 valence electrons. The first-order chi connectivity index (χ1) is 13.3. The van der Waals surface area contributed by atoms with Gasteiger partial charge in [0.1, 0.15) is 0 Å². The van der Waals surface area contributed by atoms with Gasteiger partial charge in [0.2, 0.25) is 5.75 Å². The first kappa shape index (κ1) is 19.7. The number of fused-ring (bicyclic) bond motifs is 1. The lowest BCUT2D eigenvalue weighted by Gasteiger charge is -2.14. The predicted octanol–water partition coefficient (Wildman–Crippen LogP) is 4.59. The number of hydrogen-bond donors (Lipinski definition) is 1. The van der Waals surface area contributed by atoms with Crippen LogP contribution in [0.4, 0.5) is 18.9 Å². The summed E-state index contributed by atoms with van der Waals surface area (Å²) in [6.45, 7) is 0. The molecule has 0 saturated heterocycles. The Labute approximate surface area is 161 Å². The molecule has 0 unspecified atom stereocenters. The summed E-state index contributed by atoms with van der Waals surface area (Å²) in [4.78, 5) is 16.5. The summed E-state index contributed by atoms with van der Waals surface area (Å²) in [6, 6.07) is 6.25. The molecule has 0 fully saturated rings. The Kier molecular flexibility index (Phi) is 5.32. The zero-order chi connectivity index (χ0) is 20.5. The lowest BCUT2D eigenvalue weighted by molar-refractivity contribution is -0.137. The minimum Gasteiger partial charge on any atom is -0.493 e. The number of benzene rings is 2. The summed E-state index contributed by atoms with van der Waals surface area (Å²) in [5.74, 6) is 0.485. The molecule has 3 aromatic rings. The minimum atomic E-state index is -4.48. The van der Waals surface area contributed by atoms with Crippen LogP contribution in [0.3, 0.4) is 0 Å². The Morgan fingerprint density at radius 2 is 1.68 bits per heavy atom. The summed E-state index contributed by atoms with van der Waals surface area (Å²) >= 11 is 0.994. The molecular formula is C18H15F3N2O4S. The number of anilines is 1. The van der Waals surface area contributed by atoms with E-state index in [1.807, 2.05) is 0 Å². The first-order valence-electron chi connectivity index (χ1n) is 7.86. The molecule has 0 atom stereocenters. The number of carbonyl (C=O) groups is 1. The molecule has 0 radical (unpaired) electrons. The summed E-state index contributed by atoms with van der Waals surface area (Å²) in [6.07, 6.45) is -4.48. The van der Waals surface area contributed by atoms with Crippen molar-refractivity contribution in [3.8, 4) is 17.2 Å². The van der Waals surface area contributed by atoms with E-state index in [-0.39, 0.29) is 10.5 Å². The summed E-state index contributed by atoms with van der Waals surface area (Å²) < 4.78 is 54.6. The topological polar surface area (TPSA) is 69.7 Å². The Hall–Kier alpha value is -3.01. The average Bonchev–Trinajstić information content (AvgIpc) is 3.10. The van der Waals surface area contributed by atoms with Crippen LogP contribution in [0.1, 0.15) is 15.4 Å². The number of methoxy groups -OCH3 is 3. The molecule has 1 amide bonds. The molecule has 6 nitrogen and oxygen atoms in total. The smallest absolute Gasteiger partial charge is 0.416 e. The molecule has 1 heterocycles. The van der Waals surface area contributed by atoms with Gasteiger partial charge in [-0.15, -0.1) is 11.3 Å². The molecule has 1 aromatic heterocycles. The van der Waals surface area contributed by atoms with Crippen LogP contribution in [-0.2, 0) is 6.18 Å². The Morgan fingerprint density at radius 1 is 1.04 bits per heavy atom. The molecule has 3 rings (SSSR count). The van der Waals surface area contributed by atoms with Gasteiger partial charge < -0.3 is 19.5 Å². The number of thiazole rings is 1. The number of amides is 1. The second-order valence-corrected chi connectivity index (χ2v) is 6.60. The van der Waals surface area contributed by atoms with Crippen molar-refractivity contribution in [2.45, 2.75) is 6.18 Å². The van der Waals surface area contributed by atoms with Crippen molar-refractivity contribution in [3.63, 3.8) is 0 Å². The molecule has 0 aliphatic rings. The van der Waals surface area contributed by atoms with E-state index >= 15 is 0 Å². The van der Waals surface area contributed by atoms with Crippen LogP contribution in [0.15, 0.2) is 30.3 Å². The molecular weight excluding hydrogens is 397 g/mol. The van der Waals surface area contributed by atoms with Gasteiger partial charge in [0.25, 0.3) is 5.91 Å². The fraction of sp³-hybridized carbons (Fsp3) is 0.222.